The molecule has 3 rings (SSSR count). The number of benzene rings is 1. The largest absolute Gasteiger partial charge is 0.463 e. The van der Waals surface area contributed by atoms with Gasteiger partial charge < -0.3 is 4.42 Å². The molecule has 0 saturated carbocycles. The molecule has 0 aliphatic carbocycles. The molecule has 0 fully saturated rings. The Hall–Kier alpha value is -2.42. The van der Waals surface area contributed by atoms with E-state index in [1.165, 1.54) is 41.3 Å². The molecule has 0 atom stereocenters. The average Bonchev–Trinajstić information content (AvgIpc) is 3.11. The Morgan fingerprint density at radius 1 is 1.12 bits per heavy atom. The van der Waals surface area contributed by atoms with Crippen molar-refractivity contribution in [1.82, 2.24) is 14.5 Å². The van der Waals surface area contributed by atoms with Crippen LogP contribution in [-0.2, 0) is 16.6 Å². The van der Waals surface area contributed by atoms with E-state index in [2.05, 4.69) is 9.82 Å². The Bertz CT molecular complexity index is 1010. The molecule has 25 heavy (non-hydrogen) atoms. The second-order valence-corrected chi connectivity index (χ2v) is 7.31. The molecule has 0 saturated heterocycles. The molecule has 0 aliphatic heterocycles. The van der Waals surface area contributed by atoms with Crippen LogP contribution < -0.4 is 10.3 Å². The monoisotopic (exact) mass is 379 g/mol. The minimum Gasteiger partial charge on any atom is -0.463 e. The van der Waals surface area contributed by atoms with Gasteiger partial charge in [0.25, 0.3) is 5.56 Å². The van der Waals surface area contributed by atoms with Crippen LogP contribution in [0.5, 0.6) is 0 Å². The summed E-state index contributed by atoms with van der Waals surface area (Å²) in [5, 5.41) is 4.63. The Morgan fingerprint density at radius 2 is 1.88 bits per heavy atom. The number of nitrogens with one attached hydrogen (secondary N) is 1. The van der Waals surface area contributed by atoms with Crippen LogP contribution in [0.15, 0.2) is 68.9 Å². The van der Waals surface area contributed by atoms with E-state index in [-0.39, 0.29) is 23.5 Å². The first-order valence-corrected chi connectivity index (χ1v) is 9.19. The van der Waals surface area contributed by atoms with Crippen molar-refractivity contribution in [3.05, 3.63) is 70.2 Å². The van der Waals surface area contributed by atoms with E-state index in [0.717, 1.165) is 0 Å². The lowest BCUT2D eigenvalue weighted by atomic mass is 10.3. The van der Waals surface area contributed by atoms with Gasteiger partial charge in [-0.1, -0.05) is 11.6 Å². The van der Waals surface area contributed by atoms with E-state index in [4.69, 9.17) is 16.0 Å². The minimum absolute atomic E-state index is 0.0134. The highest BCUT2D eigenvalue weighted by Crippen LogP contribution is 2.15. The summed E-state index contributed by atoms with van der Waals surface area (Å²) in [5.41, 5.74) is 0.158. The number of furan rings is 1. The zero-order valence-corrected chi connectivity index (χ0v) is 14.5. The summed E-state index contributed by atoms with van der Waals surface area (Å²) in [4.78, 5) is 12.0. The highest BCUT2D eigenvalue weighted by atomic mass is 35.5. The van der Waals surface area contributed by atoms with Crippen molar-refractivity contribution in [2.24, 2.45) is 0 Å². The van der Waals surface area contributed by atoms with E-state index < -0.39 is 10.0 Å². The van der Waals surface area contributed by atoms with Gasteiger partial charge in [0, 0.05) is 17.6 Å². The fourth-order valence-corrected chi connectivity index (χ4v) is 3.29. The number of sulfonamides is 1. The fraction of sp³-hybridized carbons (Fsp3) is 0.125. The molecule has 2 heterocycles. The smallest absolute Gasteiger partial charge is 0.266 e. The minimum atomic E-state index is -3.68. The second-order valence-electron chi connectivity index (χ2n) is 5.11. The van der Waals surface area contributed by atoms with Crippen molar-refractivity contribution in [3.8, 4) is 11.5 Å². The van der Waals surface area contributed by atoms with Crippen molar-refractivity contribution in [3.63, 3.8) is 0 Å². The third kappa shape index (κ3) is 4.16. The van der Waals surface area contributed by atoms with Gasteiger partial charge in [0.15, 0.2) is 5.76 Å². The van der Waals surface area contributed by atoms with Crippen LogP contribution in [0, 0.1) is 0 Å². The highest BCUT2D eigenvalue weighted by molar-refractivity contribution is 7.89. The molecular weight excluding hydrogens is 366 g/mol. The molecule has 130 valence electrons. The topological polar surface area (TPSA) is 94.2 Å². The first-order chi connectivity index (χ1) is 12.0. The van der Waals surface area contributed by atoms with Crippen LogP contribution in [0.1, 0.15) is 0 Å². The number of halogens is 1. The van der Waals surface area contributed by atoms with Crippen molar-refractivity contribution in [1.29, 1.82) is 0 Å². The summed E-state index contributed by atoms with van der Waals surface area (Å²) in [6.07, 6.45) is 1.51. The molecule has 0 amide bonds. The third-order valence-electron chi connectivity index (χ3n) is 3.38. The van der Waals surface area contributed by atoms with Gasteiger partial charge in [-0.2, -0.15) is 5.10 Å². The number of hydrogen-bond acceptors (Lipinski definition) is 5. The Morgan fingerprint density at radius 3 is 2.56 bits per heavy atom. The lowest BCUT2D eigenvalue weighted by Gasteiger charge is -2.08. The molecular formula is C16H14ClN3O4S. The first-order valence-electron chi connectivity index (χ1n) is 7.33. The van der Waals surface area contributed by atoms with Gasteiger partial charge in [-0.15, -0.1) is 0 Å². The van der Waals surface area contributed by atoms with E-state index >= 15 is 0 Å². The van der Waals surface area contributed by atoms with Crippen LogP contribution in [0.4, 0.5) is 0 Å². The Balaban J connectivity index is 1.70. The van der Waals surface area contributed by atoms with Crippen LogP contribution in [-0.4, -0.2) is 24.7 Å². The molecule has 7 nitrogen and oxygen atoms in total. The van der Waals surface area contributed by atoms with Crippen LogP contribution in [0.3, 0.4) is 0 Å². The average molecular weight is 380 g/mol. The standard InChI is InChI=1S/C16H14ClN3O4S/c17-12-3-5-13(6-4-12)25(22,23)18-9-10-20-16(21)8-7-14(19-20)15-2-1-11-24-15/h1-8,11,18H,9-10H2. The van der Waals surface area contributed by atoms with E-state index in [1.54, 1.807) is 18.2 Å². The van der Waals surface area contributed by atoms with Gasteiger partial charge in [0.1, 0.15) is 5.69 Å². The van der Waals surface area contributed by atoms with Crippen molar-refractivity contribution in [2.45, 2.75) is 11.4 Å². The normalized spacial score (nSPS) is 11.6. The number of nitrogens with zero attached hydrogens (tertiary/aromatic N) is 2. The zero-order valence-electron chi connectivity index (χ0n) is 12.9. The maximum Gasteiger partial charge on any atom is 0.266 e. The summed E-state index contributed by atoms with van der Waals surface area (Å²) in [7, 11) is -3.68. The maximum atomic E-state index is 12.2. The van der Waals surface area contributed by atoms with Gasteiger partial charge in [-0.25, -0.2) is 17.8 Å². The second kappa shape index (κ2) is 7.22. The Kier molecular flexibility index (Phi) is 5.03. The molecule has 2 aromatic heterocycles. The van der Waals surface area contributed by atoms with E-state index in [1.807, 2.05) is 0 Å². The molecule has 0 unspecified atom stereocenters. The quantitative estimate of drug-likeness (QED) is 0.708. The third-order valence-corrected chi connectivity index (χ3v) is 5.11. The molecule has 3 aromatic rings. The summed E-state index contributed by atoms with van der Waals surface area (Å²) in [5.74, 6) is 0.524. The van der Waals surface area contributed by atoms with Crippen molar-refractivity contribution < 1.29 is 12.8 Å². The summed E-state index contributed by atoms with van der Waals surface area (Å²) in [6.45, 7) is 0.0969. The summed E-state index contributed by atoms with van der Waals surface area (Å²) < 4.78 is 33.2. The number of hydrogen-bond donors (Lipinski definition) is 1. The van der Waals surface area contributed by atoms with Gasteiger partial charge in [0.05, 0.1) is 17.7 Å². The molecule has 1 aromatic carbocycles. The SMILES string of the molecule is O=c1ccc(-c2ccco2)nn1CCNS(=O)(=O)c1ccc(Cl)cc1. The number of aromatic nitrogens is 2. The van der Waals surface area contributed by atoms with Crippen LogP contribution in [0.2, 0.25) is 5.02 Å². The van der Waals surface area contributed by atoms with E-state index in [0.29, 0.717) is 16.5 Å². The van der Waals surface area contributed by atoms with Crippen LogP contribution in [0.25, 0.3) is 11.5 Å². The molecule has 0 spiro atoms. The predicted molar refractivity (Wildman–Crippen MR) is 92.8 cm³/mol. The lowest BCUT2D eigenvalue weighted by Crippen LogP contribution is -2.32. The summed E-state index contributed by atoms with van der Waals surface area (Å²) >= 11 is 5.75. The molecule has 0 bridgehead atoms. The zero-order chi connectivity index (χ0) is 17.9. The highest BCUT2D eigenvalue weighted by Gasteiger charge is 2.13. The van der Waals surface area contributed by atoms with Gasteiger partial charge in [0.2, 0.25) is 10.0 Å². The maximum absolute atomic E-state index is 12.2. The van der Waals surface area contributed by atoms with Crippen molar-refractivity contribution in [2.75, 3.05) is 6.54 Å². The van der Waals surface area contributed by atoms with Gasteiger partial charge in [-0.3, -0.25) is 4.79 Å². The fourth-order valence-electron chi connectivity index (χ4n) is 2.15. The van der Waals surface area contributed by atoms with Gasteiger partial charge >= 0.3 is 0 Å². The molecule has 0 aliphatic rings. The van der Waals surface area contributed by atoms with E-state index in [9.17, 15) is 13.2 Å². The molecule has 1 N–H and O–H groups in total. The number of rotatable bonds is 6. The molecule has 9 heteroatoms. The summed E-state index contributed by atoms with van der Waals surface area (Å²) in [6, 6.07) is 12.2. The van der Waals surface area contributed by atoms with Crippen molar-refractivity contribution >= 4 is 21.6 Å². The lowest BCUT2D eigenvalue weighted by molar-refractivity contribution is 0.539. The Labute approximate surface area is 148 Å². The van der Waals surface area contributed by atoms with Crippen LogP contribution >= 0.6 is 11.6 Å². The van der Waals surface area contributed by atoms with Gasteiger partial charge in [-0.05, 0) is 42.5 Å². The molecule has 0 radical (unpaired) electrons. The predicted octanol–water partition coefficient (Wildman–Crippen LogP) is 2.14. The first kappa shape index (κ1) is 17.4.